The zero-order chi connectivity index (χ0) is 19.0. The van der Waals surface area contributed by atoms with Gasteiger partial charge in [-0.25, -0.2) is 4.79 Å². The zero-order valence-corrected chi connectivity index (χ0v) is 16.3. The molecule has 5 heteroatoms. The molecule has 0 aromatic heterocycles. The van der Waals surface area contributed by atoms with Gasteiger partial charge in [-0.2, -0.15) is 0 Å². The number of Topliss-reactive ketones (excluding diaryl/α,β-unsaturated/α-hetero) is 1. The van der Waals surface area contributed by atoms with Crippen LogP contribution >= 0.6 is 0 Å². The third kappa shape index (κ3) is 15.9. The van der Waals surface area contributed by atoms with Crippen molar-refractivity contribution in [3.63, 3.8) is 0 Å². The maximum atomic E-state index is 11.6. The number of unbranched alkanes of at least 4 members (excludes halogenated alkanes) is 11. The maximum absolute atomic E-state index is 11.6. The first-order valence-corrected chi connectivity index (χ1v) is 10.1. The summed E-state index contributed by atoms with van der Waals surface area (Å²) in [5.74, 6) is -2.07. The molecule has 0 aliphatic rings. The van der Waals surface area contributed by atoms with Crippen molar-refractivity contribution in [3.8, 4) is 0 Å². The van der Waals surface area contributed by atoms with Crippen molar-refractivity contribution in [1.29, 1.82) is 0 Å². The molecule has 0 rings (SSSR count). The number of ketones is 1. The summed E-state index contributed by atoms with van der Waals surface area (Å²) in [6.07, 6.45) is 20.0. The molecule has 0 aromatic carbocycles. The van der Waals surface area contributed by atoms with Crippen LogP contribution in [-0.2, 0) is 9.59 Å². The van der Waals surface area contributed by atoms with Crippen molar-refractivity contribution in [1.82, 2.24) is 0 Å². The molecule has 0 fully saturated rings. The first kappa shape index (κ1) is 29.1. The number of hydrogen-bond donors (Lipinski definition) is 2. The minimum absolute atomic E-state index is 0. The molecule has 0 saturated heterocycles. The number of carbonyl (C=O) groups is 2. The van der Waals surface area contributed by atoms with Gasteiger partial charge in [-0.15, -0.1) is 0 Å². The van der Waals surface area contributed by atoms with E-state index in [1.807, 2.05) is 0 Å². The monoisotopic (exact) mass is 488 g/mol. The van der Waals surface area contributed by atoms with Gasteiger partial charge in [0, 0.05) is 6.42 Å². The van der Waals surface area contributed by atoms with Gasteiger partial charge >= 0.3 is 74.9 Å². The molecule has 4 nitrogen and oxygen atoms in total. The second kappa shape index (κ2) is 19.2. The van der Waals surface area contributed by atoms with E-state index in [4.69, 9.17) is 5.11 Å². The molecule has 0 heterocycles. The average Bonchev–Trinajstić information content (AvgIpc) is 2.57. The Morgan fingerprint density at radius 1 is 0.808 bits per heavy atom. The quantitative estimate of drug-likeness (QED) is 0.176. The summed E-state index contributed by atoms with van der Waals surface area (Å²) in [6, 6.07) is 0. The molecule has 148 valence electrons. The molecule has 0 saturated carbocycles. The fourth-order valence-corrected chi connectivity index (χ4v) is 2.72. The van der Waals surface area contributed by atoms with E-state index < -0.39 is 17.4 Å². The molecule has 2 N–H and O–H groups in total. The number of aliphatic hydroxyl groups is 1. The Balaban J connectivity index is 0. The number of hydrogen-bond acceptors (Lipinski definition) is 3. The summed E-state index contributed by atoms with van der Waals surface area (Å²) in [6.45, 7) is 3.29. The third-order valence-electron chi connectivity index (χ3n) is 4.63. The Morgan fingerprint density at radius 3 is 1.69 bits per heavy atom. The summed E-state index contributed by atoms with van der Waals surface area (Å²) in [5, 5.41) is 18.3. The fourth-order valence-electron chi connectivity index (χ4n) is 2.72. The van der Waals surface area contributed by atoms with Gasteiger partial charge in [0.05, 0.1) is 0 Å². The van der Waals surface area contributed by atoms with Crippen molar-refractivity contribution in [2.75, 3.05) is 0 Å². The first-order chi connectivity index (χ1) is 11.9. The summed E-state index contributed by atoms with van der Waals surface area (Å²) in [4.78, 5) is 22.3. The molecule has 26 heavy (non-hydrogen) atoms. The normalized spacial score (nSPS) is 13.3. The van der Waals surface area contributed by atoms with Gasteiger partial charge in [0.1, 0.15) is 0 Å². The Bertz CT molecular complexity index is 391. The Labute approximate surface area is 219 Å². The number of carbonyl (C=O) groups excluding carboxylic acids is 1. The number of carboxylic acid groups (broad SMARTS) is 1. The van der Waals surface area contributed by atoms with E-state index in [0.29, 0.717) is 6.42 Å². The molecule has 0 bridgehead atoms. The molecule has 1 unspecified atom stereocenters. The van der Waals surface area contributed by atoms with E-state index in [1.165, 1.54) is 44.9 Å². The standard InChI is InChI=1S/C21H38O4.Cs.H/c1-3-4-5-6-7-8-9-10-11-12-13-14-15-16-17-18-19(22)21(2,25)20(23)24;;/h10-11,25H,3-9,12-18H2,1-2H3,(H,23,24);;/b11-10-;;. The number of rotatable bonds is 17. The van der Waals surface area contributed by atoms with Gasteiger partial charge in [0.15, 0.2) is 5.78 Å². The van der Waals surface area contributed by atoms with E-state index in [1.54, 1.807) is 0 Å². The van der Waals surface area contributed by atoms with Crippen molar-refractivity contribution in [3.05, 3.63) is 12.2 Å². The third-order valence-corrected chi connectivity index (χ3v) is 4.63. The molecule has 0 aliphatic heterocycles. The van der Waals surface area contributed by atoms with Crippen LogP contribution in [0.15, 0.2) is 12.2 Å². The summed E-state index contributed by atoms with van der Waals surface area (Å²) < 4.78 is 0. The zero-order valence-electron chi connectivity index (χ0n) is 16.3. The van der Waals surface area contributed by atoms with Crippen LogP contribution in [0.3, 0.4) is 0 Å². The van der Waals surface area contributed by atoms with Gasteiger partial charge < -0.3 is 10.2 Å². The van der Waals surface area contributed by atoms with Gasteiger partial charge in [-0.05, 0) is 39.0 Å². The van der Waals surface area contributed by atoms with Crippen LogP contribution in [0.5, 0.6) is 0 Å². The Morgan fingerprint density at radius 2 is 1.23 bits per heavy atom. The molecular formula is C21H39CsO4. The Kier molecular flexibility index (Phi) is 21.5. The predicted octanol–water partition coefficient (Wildman–Crippen LogP) is 4.78. The van der Waals surface area contributed by atoms with Crippen molar-refractivity contribution < 1.29 is 19.8 Å². The van der Waals surface area contributed by atoms with E-state index in [-0.39, 0.29) is 75.3 Å². The summed E-state index contributed by atoms with van der Waals surface area (Å²) in [7, 11) is 0. The summed E-state index contributed by atoms with van der Waals surface area (Å²) in [5.41, 5.74) is -2.24. The molecule has 0 radical (unpaired) electrons. The van der Waals surface area contributed by atoms with Crippen LogP contribution in [-0.4, -0.2) is 96.5 Å². The Hall–Kier alpha value is 0.892. The van der Waals surface area contributed by atoms with Crippen LogP contribution in [0.1, 0.15) is 104 Å². The van der Waals surface area contributed by atoms with Gasteiger partial charge in [-0.3, -0.25) is 4.79 Å². The van der Waals surface area contributed by atoms with Gasteiger partial charge in [0.2, 0.25) is 5.60 Å². The number of aliphatic carboxylic acids is 1. The fraction of sp³-hybridized carbons (Fsp3) is 0.810. The number of carboxylic acids is 1. The van der Waals surface area contributed by atoms with E-state index >= 15 is 0 Å². The second-order valence-electron chi connectivity index (χ2n) is 7.13. The topological polar surface area (TPSA) is 74.6 Å². The second-order valence-corrected chi connectivity index (χ2v) is 7.13. The first-order valence-electron chi connectivity index (χ1n) is 10.1. The molecule has 1 atom stereocenters. The average molecular weight is 488 g/mol. The van der Waals surface area contributed by atoms with E-state index in [0.717, 1.165) is 39.0 Å². The van der Waals surface area contributed by atoms with Crippen molar-refractivity contribution >= 4 is 80.6 Å². The number of allylic oxidation sites excluding steroid dienone is 2. The minimum atomic E-state index is -2.24. The van der Waals surface area contributed by atoms with Crippen LogP contribution in [0, 0.1) is 0 Å². The van der Waals surface area contributed by atoms with Crippen LogP contribution in [0.25, 0.3) is 0 Å². The van der Waals surface area contributed by atoms with Crippen LogP contribution in [0.2, 0.25) is 0 Å². The summed E-state index contributed by atoms with van der Waals surface area (Å²) >= 11 is 0. The van der Waals surface area contributed by atoms with Gasteiger partial charge in [0.25, 0.3) is 0 Å². The van der Waals surface area contributed by atoms with Crippen LogP contribution < -0.4 is 0 Å². The molecule has 0 aliphatic carbocycles. The molecular weight excluding hydrogens is 449 g/mol. The van der Waals surface area contributed by atoms with E-state index in [9.17, 15) is 14.7 Å². The molecule has 0 spiro atoms. The van der Waals surface area contributed by atoms with Gasteiger partial charge in [-0.1, -0.05) is 70.4 Å². The van der Waals surface area contributed by atoms with Crippen molar-refractivity contribution in [2.24, 2.45) is 0 Å². The van der Waals surface area contributed by atoms with E-state index in [2.05, 4.69) is 19.1 Å². The predicted molar refractivity (Wildman–Crippen MR) is 110 cm³/mol. The molecule has 0 amide bonds. The molecule has 0 aromatic rings. The van der Waals surface area contributed by atoms with Crippen molar-refractivity contribution in [2.45, 2.75) is 109 Å². The van der Waals surface area contributed by atoms with Crippen LogP contribution in [0.4, 0.5) is 0 Å². The SMILES string of the molecule is CCCCCCCC/C=C\CCCCCCCC(=O)C(C)(O)C(=O)O.[CsH].